The molecule has 0 aliphatic rings. The number of ether oxygens (including phenoxy) is 1. The lowest BCUT2D eigenvalue weighted by atomic mass is 9.99. The Morgan fingerprint density at radius 3 is 2.75 bits per heavy atom. The third-order valence-corrected chi connectivity index (χ3v) is 3.17. The number of nitrogens with zero attached hydrogens (tertiary/aromatic N) is 2. The van der Waals surface area contributed by atoms with Crippen LogP contribution < -0.4 is 10.5 Å². The molecule has 106 valence electrons. The van der Waals surface area contributed by atoms with Gasteiger partial charge in [-0.3, -0.25) is 9.97 Å². The summed E-state index contributed by atoms with van der Waals surface area (Å²) < 4.78 is 5.60. The van der Waals surface area contributed by atoms with Gasteiger partial charge < -0.3 is 10.5 Å². The lowest BCUT2D eigenvalue weighted by molar-refractivity contribution is 0.315. The smallest absolute Gasteiger partial charge is 0.137 e. The molecule has 4 nitrogen and oxygen atoms in total. The zero-order valence-electron chi connectivity index (χ0n) is 12.3. The van der Waals surface area contributed by atoms with Crippen molar-refractivity contribution >= 4 is 0 Å². The maximum atomic E-state index is 6.33. The predicted molar refractivity (Wildman–Crippen MR) is 79.8 cm³/mol. The van der Waals surface area contributed by atoms with Gasteiger partial charge in [0.25, 0.3) is 0 Å². The number of hydrogen-bond acceptors (Lipinski definition) is 4. The Morgan fingerprint density at radius 1 is 1.25 bits per heavy atom. The Balaban J connectivity index is 2.26. The van der Waals surface area contributed by atoms with Crippen LogP contribution in [0.4, 0.5) is 0 Å². The van der Waals surface area contributed by atoms with Crippen molar-refractivity contribution in [3.05, 3.63) is 53.1 Å². The first kappa shape index (κ1) is 14.5. The van der Waals surface area contributed by atoms with Crippen LogP contribution in [-0.4, -0.2) is 16.6 Å². The second-order valence-electron chi connectivity index (χ2n) is 4.91. The molecule has 1 unspecified atom stereocenters. The van der Waals surface area contributed by atoms with Gasteiger partial charge in [0.1, 0.15) is 5.75 Å². The second-order valence-corrected chi connectivity index (χ2v) is 4.91. The highest BCUT2D eigenvalue weighted by molar-refractivity contribution is 5.35. The summed E-state index contributed by atoms with van der Waals surface area (Å²) in [6.07, 6.45) is 4.46. The highest BCUT2D eigenvalue weighted by atomic mass is 16.5. The number of rotatable bonds is 5. The van der Waals surface area contributed by atoms with Gasteiger partial charge in [-0.1, -0.05) is 13.0 Å². The van der Waals surface area contributed by atoms with Crippen LogP contribution in [0.2, 0.25) is 0 Å². The van der Waals surface area contributed by atoms with Crippen LogP contribution >= 0.6 is 0 Å². The summed E-state index contributed by atoms with van der Waals surface area (Å²) in [5, 5.41) is 0. The van der Waals surface area contributed by atoms with Crippen LogP contribution in [0.15, 0.2) is 30.6 Å². The van der Waals surface area contributed by atoms with Crippen molar-refractivity contribution in [2.45, 2.75) is 33.2 Å². The topological polar surface area (TPSA) is 61.0 Å². The van der Waals surface area contributed by atoms with Gasteiger partial charge in [0, 0.05) is 17.6 Å². The molecular weight excluding hydrogens is 250 g/mol. The molecule has 0 saturated carbocycles. The van der Waals surface area contributed by atoms with Crippen molar-refractivity contribution in [3.63, 3.8) is 0 Å². The average Bonchev–Trinajstić information content (AvgIpc) is 2.45. The fourth-order valence-corrected chi connectivity index (χ4v) is 2.11. The summed E-state index contributed by atoms with van der Waals surface area (Å²) >= 11 is 0. The first-order valence-electron chi connectivity index (χ1n) is 6.89. The van der Waals surface area contributed by atoms with E-state index in [9.17, 15) is 0 Å². The fourth-order valence-electron chi connectivity index (χ4n) is 2.11. The van der Waals surface area contributed by atoms with E-state index in [4.69, 9.17) is 10.5 Å². The van der Waals surface area contributed by atoms with Gasteiger partial charge >= 0.3 is 0 Å². The monoisotopic (exact) mass is 271 g/mol. The van der Waals surface area contributed by atoms with Crippen molar-refractivity contribution in [1.82, 2.24) is 9.97 Å². The van der Waals surface area contributed by atoms with E-state index in [1.807, 2.05) is 32.0 Å². The Labute approximate surface area is 120 Å². The number of pyridine rings is 2. The molecule has 2 N–H and O–H groups in total. The molecule has 0 aliphatic heterocycles. The molecule has 0 radical (unpaired) electrons. The van der Waals surface area contributed by atoms with Crippen molar-refractivity contribution in [2.24, 2.45) is 5.73 Å². The van der Waals surface area contributed by atoms with Crippen LogP contribution in [-0.2, 0) is 0 Å². The summed E-state index contributed by atoms with van der Waals surface area (Å²) in [6.45, 7) is 6.71. The first-order chi connectivity index (χ1) is 9.61. The number of hydrogen-bond donors (Lipinski definition) is 1. The fraction of sp³-hybridized carbons (Fsp3) is 0.375. The van der Waals surface area contributed by atoms with Crippen molar-refractivity contribution in [3.8, 4) is 5.75 Å². The molecule has 20 heavy (non-hydrogen) atoms. The van der Waals surface area contributed by atoms with Crippen molar-refractivity contribution < 1.29 is 4.74 Å². The number of aryl methyl sites for hydroxylation is 2. The summed E-state index contributed by atoms with van der Waals surface area (Å²) in [4.78, 5) is 8.67. The third kappa shape index (κ3) is 3.33. The summed E-state index contributed by atoms with van der Waals surface area (Å²) in [6, 6.07) is 5.72. The molecule has 0 aliphatic carbocycles. The molecule has 2 aromatic rings. The Morgan fingerprint density at radius 2 is 2.05 bits per heavy atom. The molecule has 2 rings (SSSR count). The zero-order valence-corrected chi connectivity index (χ0v) is 12.3. The van der Waals surface area contributed by atoms with Crippen LogP contribution in [0, 0.1) is 13.8 Å². The van der Waals surface area contributed by atoms with Gasteiger partial charge in [0.2, 0.25) is 0 Å². The predicted octanol–water partition coefficient (Wildman–Crippen LogP) is 2.93. The van der Waals surface area contributed by atoms with E-state index in [-0.39, 0.29) is 6.04 Å². The number of aromatic nitrogens is 2. The normalized spacial score (nSPS) is 12.2. The second kappa shape index (κ2) is 6.48. The lowest BCUT2D eigenvalue weighted by Crippen LogP contribution is -2.14. The molecule has 0 bridgehead atoms. The summed E-state index contributed by atoms with van der Waals surface area (Å²) in [7, 11) is 0. The third-order valence-electron chi connectivity index (χ3n) is 3.17. The van der Waals surface area contributed by atoms with Gasteiger partial charge in [0.05, 0.1) is 18.8 Å². The molecule has 0 aromatic carbocycles. The van der Waals surface area contributed by atoms with Gasteiger partial charge in [-0.2, -0.15) is 0 Å². The van der Waals surface area contributed by atoms with Gasteiger partial charge in [-0.25, -0.2) is 0 Å². The van der Waals surface area contributed by atoms with Crippen LogP contribution in [0.1, 0.15) is 41.9 Å². The highest BCUT2D eigenvalue weighted by Gasteiger charge is 2.13. The Hall–Kier alpha value is -1.94. The minimum absolute atomic E-state index is 0.235. The number of nitrogens with two attached hydrogens (primary N) is 1. The van der Waals surface area contributed by atoms with Crippen molar-refractivity contribution in [1.29, 1.82) is 0 Å². The minimum Gasteiger partial charge on any atom is -0.492 e. The zero-order chi connectivity index (χ0) is 14.5. The van der Waals surface area contributed by atoms with Crippen LogP contribution in [0.25, 0.3) is 0 Å². The molecule has 0 spiro atoms. The first-order valence-corrected chi connectivity index (χ1v) is 6.89. The quantitative estimate of drug-likeness (QED) is 0.908. The molecule has 1 atom stereocenters. The minimum atomic E-state index is -0.235. The maximum Gasteiger partial charge on any atom is 0.137 e. The van der Waals surface area contributed by atoms with E-state index < -0.39 is 0 Å². The van der Waals surface area contributed by atoms with E-state index in [2.05, 4.69) is 16.9 Å². The van der Waals surface area contributed by atoms with E-state index in [0.717, 1.165) is 34.7 Å². The molecular formula is C16H21N3O. The maximum absolute atomic E-state index is 6.33. The molecule has 0 amide bonds. The molecule has 0 fully saturated rings. The van der Waals surface area contributed by atoms with Gasteiger partial charge in [0.15, 0.2) is 0 Å². The average molecular weight is 271 g/mol. The van der Waals surface area contributed by atoms with Gasteiger partial charge in [-0.05, 0) is 43.5 Å². The van der Waals surface area contributed by atoms with Crippen LogP contribution in [0.3, 0.4) is 0 Å². The molecule has 2 heterocycles. The summed E-state index contributed by atoms with van der Waals surface area (Å²) in [5.41, 5.74) is 10.2. The van der Waals surface area contributed by atoms with E-state index >= 15 is 0 Å². The van der Waals surface area contributed by atoms with E-state index in [0.29, 0.717) is 6.61 Å². The standard InChI is InChI=1S/C16H21N3O/c1-4-7-20-14-8-13(9-18-10-14)16(17)15-6-5-11(2)19-12(15)3/h5-6,8-10,16H,4,7,17H2,1-3H3. The SMILES string of the molecule is CCCOc1cncc(C(N)c2ccc(C)nc2C)c1. The Kier molecular flexibility index (Phi) is 4.69. The lowest BCUT2D eigenvalue weighted by Gasteiger charge is -2.15. The molecule has 4 heteroatoms. The molecule has 2 aromatic heterocycles. The van der Waals surface area contributed by atoms with E-state index in [1.165, 1.54) is 0 Å². The summed E-state index contributed by atoms with van der Waals surface area (Å²) in [5.74, 6) is 0.762. The largest absolute Gasteiger partial charge is 0.492 e. The van der Waals surface area contributed by atoms with Crippen molar-refractivity contribution in [2.75, 3.05) is 6.61 Å². The Bertz CT molecular complexity index is 584. The van der Waals surface area contributed by atoms with Crippen LogP contribution in [0.5, 0.6) is 5.75 Å². The van der Waals surface area contributed by atoms with Gasteiger partial charge in [-0.15, -0.1) is 0 Å². The highest BCUT2D eigenvalue weighted by Crippen LogP contribution is 2.24. The van der Waals surface area contributed by atoms with E-state index in [1.54, 1.807) is 12.4 Å². The molecule has 0 saturated heterocycles.